The summed E-state index contributed by atoms with van der Waals surface area (Å²) in [5.74, 6) is -0.763. The van der Waals surface area contributed by atoms with Crippen LogP contribution >= 0.6 is 0 Å². The van der Waals surface area contributed by atoms with Crippen LogP contribution in [-0.4, -0.2) is 18.7 Å². The van der Waals surface area contributed by atoms with E-state index in [1.54, 1.807) is 11.9 Å². The summed E-state index contributed by atoms with van der Waals surface area (Å²) in [4.78, 5) is 1.58. The second kappa shape index (κ2) is 5.96. The van der Waals surface area contributed by atoms with Crippen LogP contribution in [0.2, 0.25) is 0 Å². The fraction of sp³-hybridized carbons (Fsp3) is 0.538. The van der Waals surface area contributed by atoms with Gasteiger partial charge in [-0.2, -0.15) is 0 Å². The average molecular weight is 243 g/mol. The summed E-state index contributed by atoms with van der Waals surface area (Å²) in [6.07, 6.45) is 0.872. The van der Waals surface area contributed by atoms with Crippen molar-refractivity contribution in [3.63, 3.8) is 0 Å². The molecule has 0 amide bonds. The normalized spacial score (nSPS) is 11.0. The van der Waals surface area contributed by atoms with Gasteiger partial charge < -0.3 is 10.0 Å². The van der Waals surface area contributed by atoms with Gasteiger partial charge in [0.05, 0.1) is 6.61 Å². The number of hydrogen-bond donors (Lipinski definition) is 1. The van der Waals surface area contributed by atoms with Gasteiger partial charge in [0.25, 0.3) is 0 Å². The molecule has 0 aromatic heterocycles. The second-order valence-corrected chi connectivity index (χ2v) is 4.67. The molecule has 0 bridgehead atoms. The van der Waals surface area contributed by atoms with E-state index in [1.165, 1.54) is 12.1 Å². The van der Waals surface area contributed by atoms with E-state index in [2.05, 4.69) is 13.8 Å². The molecule has 0 saturated carbocycles. The first-order valence-corrected chi connectivity index (χ1v) is 5.75. The molecule has 2 nitrogen and oxygen atoms in total. The van der Waals surface area contributed by atoms with Crippen LogP contribution in [0.3, 0.4) is 0 Å². The summed E-state index contributed by atoms with van der Waals surface area (Å²) < 4.78 is 27.4. The van der Waals surface area contributed by atoms with E-state index in [0.29, 0.717) is 12.5 Å². The maximum atomic E-state index is 13.7. The van der Waals surface area contributed by atoms with Crippen molar-refractivity contribution in [1.82, 2.24) is 0 Å². The van der Waals surface area contributed by atoms with Crippen LogP contribution in [0.1, 0.15) is 25.8 Å². The fourth-order valence-electron chi connectivity index (χ4n) is 1.64. The molecule has 0 spiro atoms. The molecule has 0 radical (unpaired) electrons. The van der Waals surface area contributed by atoms with Gasteiger partial charge >= 0.3 is 0 Å². The smallest absolute Gasteiger partial charge is 0.149 e. The molecular formula is C13H19F2NO. The Labute approximate surface area is 101 Å². The number of halogens is 2. The van der Waals surface area contributed by atoms with Gasteiger partial charge in [0.2, 0.25) is 0 Å². The van der Waals surface area contributed by atoms with Gasteiger partial charge in [0.1, 0.15) is 17.3 Å². The average Bonchev–Trinajstić information content (AvgIpc) is 2.25. The van der Waals surface area contributed by atoms with Gasteiger partial charge in [-0.25, -0.2) is 8.78 Å². The Hall–Kier alpha value is -1.16. The van der Waals surface area contributed by atoms with Crippen LogP contribution in [0, 0.1) is 17.6 Å². The number of hydrogen-bond acceptors (Lipinski definition) is 2. The minimum absolute atomic E-state index is 0.0251. The van der Waals surface area contributed by atoms with E-state index < -0.39 is 11.6 Å². The minimum Gasteiger partial charge on any atom is -0.392 e. The number of nitrogens with zero attached hydrogens (tertiary/aromatic N) is 1. The molecule has 1 aromatic carbocycles. The zero-order valence-corrected chi connectivity index (χ0v) is 10.5. The highest BCUT2D eigenvalue weighted by Crippen LogP contribution is 2.24. The van der Waals surface area contributed by atoms with Crippen LogP contribution in [-0.2, 0) is 6.61 Å². The molecule has 0 aliphatic heterocycles. The predicted octanol–water partition coefficient (Wildman–Crippen LogP) is 2.94. The van der Waals surface area contributed by atoms with Crippen molar-refractivity contribution in [2.24, 2.45) is 5.92 Å². The van der Waals surface area contributed by atoms with Gasteiger partial charge in [-0.15, -0.1) is 0 Å². The molecule has 0 saturated heterocycles. The molecular weight excluding hydrogens is 224 g/mol. The summed E-state index contributed by atoms with van der Waals surface area (Å²) in [7, 11) is 1.67. The Balaban J connectivity index is 2.89. The lowest BCUT2D eigenvalue weighted by molar-refractivity contribution is 0.280. The molecule has 1 aromatic rings. The number of aliphatic hydroxyl groups is 1. The number of benzene rings is 1. The topological polar surface area (TPSA) is 23.5 Å². The molecule has 1 rings (SSSR count). The third-order valence-corrected chi connectivity index (χ3v) is 2.68. The second-order valence-electron chi connectivity index (χ2n) is 4.67. The van der Waals surface area contributed by atoms with Gasteiger partial charge in [-0.1, -0.05) is 13.8 Å². The van der Waals surface area contributed by atoms with Crippen LogP contribution in [0.4, 0.5) is 14.5 Å². The molecule has 0 fully saturated rings. The highest BCUT2D eigenvalue weighted by Gasteiger charge is 2.15. The van der Waals surface area contributed by atoms with E-state index in [4.69, 9.17) is 5.11 Å². The summed E-state index contributed by atoms with van der Waals surface area (Å²) in [6.45, 7) is 4.37. The van der Waals surface area contributed by atoms with Gasteiger partial charge in [-0.3, -0.25) is 0 Å². The molecule has 0 aliphatic rings. The zero-order valence-electron chi connectivity index (χ0n) is 10.5. The molecule has 1 N–H and O–H groups in total. The van der Waals surface area contributed by atoms with Crippen LogP contribution in [0.5, 0.6) is 0 Å². The Morgan fingerprint density at radius 2 is 1.76 bits per heavy atom. The van der Waals surface area contributed by atoms with Crippen molar-refractivity contribution in [1.29, 1.82) is 0 Å². The summed E-state index contributed by atoms with van der Waals surface area (Å²) in [5, 5.41) is 8.85. The lowest BCUT2D eigenvalue weighted by Gasteiger charge is -2.22. The highest BCUT2D eigenvalue weighted by atomic mass is 19.1. The Bertz CT molecular complexity index is 357. The standard InChI is InChI=1S/C13H19F2NO/c1-9(2)4-5-16(3)13-11(14)6-10(8-17)7-12(13)15/h6-7,9,17H,4-5,8H2,1-3H3. The number of aliphatic hydroxyl groups excluding tert-OH is 1. The van der Waals surface area contributed by atoms with Gasteiger partial charge in [0, 0.05) is 13.6 Å². The SMILES string of the molecule is CC(C)CCN(C)c1c(F)cc(CO)cc1F. The number of anilines is 1. The van der Waals surface area contributed by atoms with Crippen molar-refractivity contribution in [2.45, 2.75) is 26.9 Å². The van der Waals surface area contributed by atoms with E-state index >= 15 is 0 Å². The lowest BCUT2D eigenvalue weighted by atomic mass is 10.1. The molecule has 0 heterocycles. The van der Waals surface area contributed by atoms with Gasteiger partial charge in [-0.05, 0) is 30.0 Å². The van der Waals surface area contributed by atoms with Crippen LogP contribution < -0.4 is 4.90 Å². The first-order valence-electron chi connectivity index (χ1n) is 5.75. The number of rotatable bonds is 5. The van der Waals surface area contributed by atoms with Crippen molar-refractivity contribution < 1.29 is 13.9 Å². The van der Waals surface area contributed by atoms with Crippen LogP contribution in [0.15, 0.2) is 12.1 Å². The third-order valence-electron chi connectivity index (χ3n) is 2.68. The van der Waals surface area contributed by atoms with Gasteiger partial charge in [0.15, 0.2) is 0 Å². The van der Waals surface area contributed by atoms with E-state index in [1.807, 2.05) is 0 Å². The third kappa shape index (κ3) is 3.66. The Kier molecular flexibility index (Phi) is 4.87. The monoisotopic (exact) mass is 243 g/mol. The summed E-state index contributed by atoms with van der Waals surface area (Å²) in [5.41, 5.74) is 0.226. The minimum atomic E-state index is -0.625. The van der Waals surface area contributed by atoms with E-state index in [9.17, 15) is 8.78 Å². The fourth-order valence-corrected chi connectivity index (χ4v) is 1.64. The molecule has 17 heavy (non-hydrogen) atoms. The molecule has 0 unspecified atom stereocenters. The van der Waals surface area contributed by atoms with Crippen molar-refractivity contribution in [3.05, 3.63) is 29.3 Å². The molecule has 4 heteroatoms. The van der Waals surface area contributed by atoms with Crippen molar-refractivity contribution >= 4 is 5.69 Å². The zero-order chi connectivity index (χ0) is 13.0. The first kappa shape index (κ1) is 13.9. The quantitative estimate of drug-likeness (QED) is 0.859. The Morgan fingerprint density at radius 3 is 2.18 bits per heavy atom. The van der Waals surface area contributed by atoms with Crippen molar-refractivity contribution in [3.8, 4) is 0 Å². The van der Waals surface area contributed by atoms with Crippen molar-refractivity contribution in [2.75, 3.05) is 18.5 Å². The Morgan fingerprint density at radius 1 is 1.24 bits per heavy atom. The maximum absolute atomic E-state index is 13.7. The predicted molar refractivity (Wildman–Crippen MR) is 65.0 cm³/mol. The van der Waals surface area contributed by atoms with E-state index in [-0.39, 0.29) is 17.9 Å². The van der Waals surface area contributed by atoms with E-state index in [0.717, 1.165) is 6.42 Å². The molecule has 0 aliphatic carbocycles. The summed E-state index contributed by atoms with van der Waals surface area (Å²) >= 11 is 0. The summed E-state index contributed by atoms with van der Waals surface area (Å²) in [6, 6.07) is 2.34. The molecule has 96 valence electrons. The maximum Gasteiger partial charge on any atom is 0.149 e. The highest BCUT2D eigenvalue weighted by molar-refractivity contribution is 5.50. The lowest BCUT2D eigenvalue weighted by Crippen LogP contribution is -2.22. The largest absolute Gasteiger partial charge is 0.392 e. The van der Waals surface area contributed by atoms with Crippen LogP contribution in [0.25, 0.3) is 0 Å². The first-order chi connectivity index (χ1) is 7.95. The molecule has 0 atom stereocenters.